The van der Waals surface area contributed by atoms with Gasteiger partial charge in [0.2, 0.25) is 0 Å². The molecular weight excluding hydrogens is 269 g/mol. The fraction of sp³-hybridized carbons (Fsp3) is 0.222. The number of aliphatic hydroxyl groups is 1. The summed E-state index contributed by atoms with van der Waals surface area (Å²) in [5, 5.41) is 27.8. The molecule has 5 heteroatoms. The van der Waals surface area contributed by atoms with Gasteiger partial charge in [0.1, 0.15) is 5.75 Å². The van der Waals surface area contributed by atoms with E-state index in [0.717, 1.165) is 0 Å². The van der Waals surface area contributed by atoms with Crippen molar-refractivity contribution in [2.45, 2.75) is 12.5 Å². The van der Waals surface area contributed by atoms with Gasteiger partial charge in [0.25, 0.3) is 0 Å². The summed E-state index contributed by atoms with van der Waals surface area (Å²) in [6.45, 7) is 0. The quantitative estimate of drug-likeness (QED) is 0.873. The fourth-order valence-electron chi connectivity index (χ4n) is 1.04. The van der Waals surface area contributed by atoms with E-state index in [1.165, 1.54) is 12.1 Å². The largest absolute Gasteiger partial charge is 0.506 e. The summed E-state index contributed by atoms with van der Waals surface area (Å²) in [5.41, 5.74) is 0.255. The maximum Gasteiger partial charge on any atom is 0.135 e. The van der Waals surface area contributed by atoms with Crippen LogP contribution >= 0.6 is 27.5 Å². The molecule has 0 aliphatic carbocycles. The smallest absolute Gasteiger partial charge is 0.135 e. The van der Waals surface area contributed by atoms with Crippen molar-refractivity contribution in [1.82, 2.24) is 0 Å². The number of hydrogen-bond acceptors (Lipinski definition) is 3. The Balaban J connectivity index is 3.14. The molecule has 2 N–H and O–H groups in total. The van der Waals surface area contributed by atoms with Gasteiger partial charge in [-0.2, -0.15) is 5.26 Å². The Kier molecular flexibility index (Phi) is 3.76. The van der Waals surface area contributed by atoms with E-state index in [1.54, 1.807) is 0 Å². The first-order chi connectivity index (χ1) is 6.56. The van der Waals surface area contributed by atoms with Crippen LogP contribution in [0.4, 0.5) is 0 Å². The van der Waals surface area contributed by atoms with Crippen molar-refractivity contribution in [3.8, 4) is 11.8 Å². The number of nitrogens with zero attached hydrogens (tertiary/aromatic N) is 1. The molecule has 0 radical (unpaired) electrons. The van der Waals surface area contributed by atoms with Gasteiger partial charge in [0.05, 0.1) is 23.1 Å². The summed E-state index contributed by atoms with van der Waals surface area (Å²) < 4.78 is 0.400. The highest BCUT2D eigenvalue weighted by atomic mass is 79.9. The molecule has 74 valence electrons. The monoisotopic (exact) mass is 275 g/mol. The number of aromatic hydroxyl groups is 1. The van der Waals surface area contributed by atoms with Crippen LogP contribution in [0, 0.1) is 11.3 Å². The van der Waals surface area contributed by atoms with Crippen LogP contribution in [0.15, 0.2) is 16.6 Å². The van der Waals surface area contributed by atoms with E-state index in [-0.39, 0.29) is 17.7 Å². The van der Waals surface area contributed by atoms with Crippen molar-refractivity contribution >= 4 is 27.5 Å². The zero-order valence-corrected chi connectivity index (χ0v) is 9.38. The van der Waals surface area contributed by atoms with Crippen LogP contribution in [0.25, 0.3) is 0 Å². The second kappa shape index (κ2) is 4.65. The first kappa shape index (κ1) is 11.3. The van der Waals surface area contributed by atoms with E-state index in [0.29, 0.717) is 9.50 Å². The van der Waals surface area contributed by atoms with Crippen LogP contribution in [0.1, 0.15) is 18.1 Å². The van der Waals surface area contributed by atoms with E-state index in [9.17, 15) is 10.2 Å². The molecule has 1 aromatic carbocycles. The second-order valence-corrected chi connectivity index (χ2v) is 3.99. The van der Waals surface area contributed by atoms with Gasteiger partial charge in [-0.1, -0.05) is 11.6 Å². The molecule has 0 fully saturated rings. The van der Waals surface area contributed by atoms with E-state index in [2.05, 4.69) is 15.9 Å². The van der Waals surface area contributed by atoms with Crippen LogP contribution < -0.4 is 0 Å². The van der Waals surface area contributed by atoms with E-state index in [4.69, 9.17) is 16.9 Å². The van der Waals surface area contributed by atoms with Gasteiger partial charge < -0.3 is 10.2 Å². The molecule has 1 atom stereocenters. The van der Waals surface area contributed by atoms with Crippen LogP contribution in [-0.4, -0.2) is 10.2 Å². The third kappa shape index (κ3) is 2.38. The topological polar surface area (TPSA) is 64.2 Å². The Labute approximate surface area is 94.7 Å². The lowest BCUT2D eigenvalue weighted by Crippen LogP contribution is -1.96. The average Bonchev–Trinajstić information content (AvgIpc) is 2.11. The number of halogens is 2. The third-order valence-electron chi connectivity index (χ3n) is 1.70. The van der Waals surface area contributed by atoms with Crippen molar-refractivity contribution in [1.29, 1.82) is 5.26 Å². The lowest BCUT2D eigenvalue weighted by Gasteiger charge is -2.10. The Bertz CT molecular complexity index is 389. The van der Waals surface area contributed by atoms with Crippen molar-refractivity contribution in [3.05, 3.63) is 27.2 Å². The molecule has 0 aromatic heterocycles. The Morgan fingerprint density at radius 2 is 2.21 bits per heavy atom. The number of rotatable bonds is 2. The highest BCUT2D eigenvalue weighted by Crippen LogP contribution is 2.35. The standard InChI is InChI=1S/C9H7BrClNO2/c10-7-4-5(11)3-6(9(7)14)8(13)1-2-12/h3-4,8,13-14H,1H2. The molecule has 1 unspecified atom stereocenters. The minimum Gasteiger partial charge on any atom is -0.506 e. The number of phenols is 1. The first-order valence-corrected chi connectivity index (χ1v) is 4.96. The lowest BCUT2D eigenvalue weighted by atomic mass is 10.1. The molecule has 3 nitrogen and oxygen atoms in total. The molecule has 0 aliphatic rings. The molecule has 0 amide bonds. The molecular formula is C9H7BrClNO2. The predicted octanol–water partition coefficient (Wildman–Crippen LogP) is 2.76. The number of phenolic OH excluding ortho intramolecular Hbond substituents is 1. The number of benzene rings is 1. The van der Waals surface area contributed by atoms with Crippen molar-refractivity contribution in [3.63, 3.8) is 0 Å². The maximum absolute atomic E-state index is 9.54. The van der Waals surface area contributed by atoms with Gasteiger partial charge in [-0.15, -0.1) is 0 Å². The lowest BCUT2D eigenvalue weighted by molar-refractivity contribution is 0.179. The molecule has 0 saturated heterocycles. The predicted molar refractivity (Wildman–Crippen MR) is 56.0 cm³/mol. The Morgan fingerprint density at radius 3 is 2.79 bits per heavy atom. The molecule has 0 bridgehead atoms. The zero-order valence-electron chi connectivity index (χ0n) is 7.04. The van der Waals surface area contributed by atoms with Gasteiger partial charge in [-0.25, -0.2) is 0 Å². The molecule has 1 rings (SSSR count). The molecule has 0 aliphatic heterocycles. The highest BCUT2D eigenvalue weighted by molar-refractivity contribution is 9.10. The SMILES string of the molecule is N#CCC(O)c1cc(Cl)cc(Br)c1O. The van der Waals surface area contributed by atoms with Gasteiger partial charge >= 0.3 is 0 Å². The van der Waals surface area contributed by atoms with Gasteiger partial charge in [-0.05, 0) is 28.1 Å². The van der Waals surface area contributed by atoms with Crippen LogP contribution in [0.5, 0.6) is 5.75 Å². The van der Waals surface area contributed by atoms with Gasteiger partial charge in [0.15, 0.2) is 0 Å². The first-order valence-electron chi connectivity index (χ1n) is 3.79. The van der Waals surface area contributed by atoms with Gasteiger partial charge in [-0.3, -0.25) is 0 Å². The van der Waals surface area contributed by atoms with Crippen molar-refractivity contribution < 1.29 is 10.2 Å². The molecule has 1 aromatic rings. The minimum atomic E-state index is -1.02. The molecule has 14 heavy (non-hydrogen) atoms. The number of aliphatic hydroxyl groups excluding tert-OH is 1. The highest BCUT2D eigenvalue weighted by Gasteiger charge is 2.15. The van der Waals surface area contributed by atoms with Crippen LogP contribution in [0.2, 0.25) is 5.02 Å². The van der Waals surface area contributed by atoms with E-state index in [1.807, 2.05) is 6.07 Å². The third-order valence-corrected chi connectivity index (χ3v) is 2.52. The van der Waals surface area contributed by atoms with E-state index < -0.39 is 6.10 Å². The van der Waals surface area contributed by atoms with E-state index >= 15 is 0 Å². The summed E-state index contributed by atoms with van der Waals surface area (Å²) in [7, 11) is 0. The minimum absolute atomic E-state index is 0.0830. The Hall–Kier alpha value is -0.760. The normalized spacial score (nSPS) is 12.1. The molecule has 0 spiro atoms. The molecule has 0 heterocycles. The van der Waals surface area contributed by atoms with Crippen LogP contribution in [-0.2, 0) is 0 Å². The second-order valence-electron chi connectivity index (χ2n) is 2.70. The summed E-state index contributed by atoms with van der Waals surface area (Å²) in [6.07, 6.45) is -1.10. The summed E-state index contributed by atoms with van der Waals surface area (Å²) in [4.78, 5) is 0. The maximum atomic E-state index is 9.54. The summed E-state index contributed by atoms with van der Waals surface area (Å²) in [6, 6.07) is 4.76. The van der Waals surface area contributed by atoms with Gasteiger partial charge in [0, 0.05) is 10.6 Å². The van der Waals surface area contributed by atoms with Crippen molar-refractivity contribution in [2.24, 2.45) is 0 Å². The summed E-state index contributed by atoms with van der Waals surface area (Å²) in [5.74, 6) is -0.0860. The van der Waals surface area contributed by atoms with Crippen molar-refractivity contribution in [2.75, 3.05) is 0 Å². The summed E-state index contributed by atoms with van der Waals surface area (Å²) >= 11 is 8.82. The average molecular weight is 277 g/mol. The zero-order chi connectivity index (χ0) is 10.7. The fourth-order valence-corrected chi connectivity index (χ4v) is 1.87. The number of hydrogen-bond donors (Lipinski definition) is 2. The van der Waals surface area contributed by atoms with Crippen LogP contribution in [0.3, 0.4) is 0 Å². The number of nitriles is 1. The molecule has 0 saturated carbocycles. The Morgan fingerprint density at radius 1 is 1.57 bits per heavy atom.